The summed E-state index contributed by atoms with van der Waals surface area (Å²) in [5, 5.41) is 4.04. The summed E-state index contributed by atoms with van der Waals surface area (Å²) in [6, 6.07) is 8.71. The van der Waals surface area contributed by atoms with Crippen molar-refractivity contribution in [3.05, 3.63) is 58.7 Å². The summed E-state index contributed by atoms with van der Waals surface area (Å²) in [6.07, 6.45) is -2.57. The quantitative estimate of drug-likeness (QED) is 0.528. The molecule has 30 heavy (non-hydrogen) atoms. The van der Waals surface area contributed by atoms with Crippen molar-refractivity contribution in [1.82, 2.24) is 10.3 Å². The van der Waals surface area contributed by atoms with Gasteiger partial charge < -0.3 is 19.5 Å². The molecule has 3 aromatic rings. The number of aromatic nitrogens is 1. The van der Waals surface area contributed by atoms with Gasteiger partial charge in [-0.2, -0.15) is 13.2 Å². The molecule has 0 unspecified atom stereocenters. The van der Waals surface area contributed by atoms with Crippen LogP contribution in [0.1, 0.15) is 16.1 Å². The van der Waals surface area contributed by atoms with E-state index in [1.54, 1.807) is 33.6 Å². The summed E-state index contributed by atoms with van der Waals surface area (Å²) >= 11 is 1.49. The predicted molar refractivity (Wildman–Crippen MR) is 109 cm³/mol. The van der Waals surface area contributed by atoms with Gasteiger partial charge >= 0.3 is 6.18 Å². The lowest BCUT2D eigenvalue weighted by Gasteiger charge is -2.13. The van der Waals surface area contributed by atoms with E-state index in [1.165, 1.54) is 23.5 Å². The molecule has 0 bridgehead atoms. The molecule has 3 rings (SSSR count). The zero-order chi connectivity index (χ0) is 21.7. The van der Waals surface area contributed by atoms with Crippen LogP contribution in [-0.4, -0.2) is 26.3 Å². The SMILES string of the molecule is COc1cc(OC)c(-c2cnc(CNCc3ccc(C(F)(F)F)cc3)s2)cc1OC. The number of alkyl halides is 3. The molecular weight excluding hydrogens is 417 g/mol. The van der Waals surface area contributed by atoms with Crippen LogP contribution >= 0.6 is 11.3 Å². The van der Waals surface area contributed by atoms with Crippen LogP contribution in [0.15, 0.2) is 42.6 Å². The number of halogens is 3. The highest BCUT2D eigenvalue weighted by molar-refractivity contribution is 7.15. The topological polar surface area (TPSA) is 52.6 Å². The second-order valence-electron chi connectivity index (χ2n) is 6.32. The van der Waals surface area contributed by atoms with Crippen molar-refractivity contribution in [3.8, 4) is 27.7 Å². The van der Waals surface area contributed by atoms with Gasteiger partial charge in [0.2, 0.25) is 0 Å². The maximum atomic E-state index is 12.6. The van der Waals surface area contributed by atoms with Gasteiger partial charge in [-0.3, -0.25) is 0 Å². The Bertz CT molecular complexity index is 988. The smallest absolute Gasteiger partial charge is 0.416 e. The first-order valence-electron chi connectivity index (χ1n) is 8.97. The van der Waals surface area contributed by atoms with Crippen LogP contribution < -0.4 is 19.5 Å². The van der Waals surface area contributed by atoms with E-state index in [4.69, 9.17) is 14.2 Å². The van der Waals surface area contributed by atoms with Crippen molar-refractivity contribution in [2.24, 2.45) is 0 Å². The van der Waals surface area contributed by atoms with Crippen LogP contribution in [0.5, 0.6) is 17.2 Å². The largest absolute Gasteiger partial charge is 0.496 e. The van der Waals surface area contributed by atoms with E-state index in [2.05, 4.69) is 10.3 Å². The number of hydrogen-bond donors (Lipinski definition) is 1. The van der Waals surface area contributed by atoms with E-state index < -0.39 is 11.7 Å². The number of nitrogens with one attached hydrogen (secondary N) is 1. The zero-order valence-corrected chi connectivity index (χ0v) is 17.5. The van der Waals surface area contributed by atoms with Gasteiger partial charge in [-0.05, 0) is 23.8 Å². The fourth-order valence-electron chi connectivity index (χ4n) is 2.86. The van der Waals surface area contributed by atoms with E-state index in [0.717, 1.165) is 33.1 Å². The molecule has 0 atom stereocenters. The van der Waals surface area contributed by atoms with Gasteiger partial charge in [-0.15, -0.1) is 11.3 Å². The second-order valence-corrected chi connectivity index (χ2v) is 7.44. The van der Waals surface area contributed by atoms with Gasteiger partial charge in [0.15, 0.2) is 11.5 Å². The Hall–Kier alpha value is -2.78. The van der Waals surface area contributed by atoms with E-state index in [9.17, 15) is 13.2 Å². The molecule has 0 fully saturated rings. The molecule has 0 aliphatic heterocycles. The molecule has 1 N–H and O–H groups in total. The Morgan fingerprint density at radius 2 is 1.53 bits per heavy atom. The highest BCUT2D eigenvalue weighted by atomic mass is 32.1. The molecule has 9 heteroatoms. The summed E-state index contributed by atoms with van der Waals surface area (Å²) < 4.78 is 54.0. The Balaban J connectivity index is 1.67. The standard InChI is InChI=1S/C21H21F3N2O3S/c1-27-16-9-18(29-3)17(28-2)8-15(16)19-11-26-20(30-19)12-25-10-13-4-6-14(7-5-13)21(22,23)24/h4-9,11,25H,10,12H2,1-3H3. The summed E-state index contributed by atoms with van der Waals surface area (Å²) in [5.74, 6) is 1.80. The van der Waals surface area contributed by atoms with Gasteiger partial charge in [-0.1, -0.05) is 12.1 Å². The van der Waals surface area contributed by atoms with Crippen LogP contribution in [-0.2, 0) is 19.3 Å². The molecular formula is C21H21F3N2O3S. The first kappa shape index (κ1) is 21.9. The monoisotopic (exact) mass is 438 g/mol. The third-order valence-corrected chi connectivity index (χ3v) is 5.44. The van der Waals surface area contributed by atoms with Crippen molar-refractivity contribution in [3.63, 3.8) is 0 Å². The number of nitrogens with zero attached hydrogens (tertiary/aromatic N) is 1. The average molecular weight is 438 g/mol. The number of ether oxygens (including phenoxy) is 3. The van der Waals surface area contributed by atoms with Crippen LogP contribution in [0.3, 0.4) is 0 Å². The lowest BCUT2D eigenvalue weighted by molar-refractivity contribution is -0.137. The number of rotatable bonds is 8. The summed E-state index contributed by atoms with van der Waals surface area (Å²) in [7, 11) is 4.71. The molecule has 0 saturated heterocycles. The minimum Gasteiger partial charge on any atom is -0.496 e. The Morgan fingerprint density at radius 3 is 2.13 bits per heavy atom. The van der Waals surface area contributed by atoms with Crippen LogP contribution in [0.2, 0.25) is 0 Å². The van der Waals surface area contributed by atoms with Gasteiger partial charge in [0.1, 0.15) is 10.8 Å². The van der Waals surface area contributed by atoms with Gasteiger partial charge in [0.25, 0.3) is 0 Å². The normalized spacial score (nSPS) is 11.4. The van der Waals surface area contributed by atoms with Crippen LogP contribution in [0.4, 0.5) is 13.2 Å². The van der Waals surface area contributed by atoms with Gasteiger partial charge in [-0.25, -0.2) is 4.98 Å². The highest BCUT2D eigenvalue weighted by Gasteiger charge is 2.29. The number of benzene rings is 2. The third kappa shape index (κ3) is 5.03. The number of thiazole rings is 1. The molecule has 0 aliphatic carbocycles. The molecule has 160 valence electrons. The summed E-state index contributed by atoms with van der Waals surface area (Å²) in [5.41, 5.74) is 0.947. The van der Waals surface area contributed by atoms with Gasteiger partial charge in [0, 0.05) is 30.9 Å². The van der Waals surface area contributed by atoms with Crippen LogP contribution in [0.25, 0.3) is 10.4 Å². The van der Waals surface area contributed by atoms with Gasteiger partial charge in [0.05, 0.1) is 31.8 Å². The summed E-state index contributed by atoms with van der Waals surface area (Å²) in [6.45, 7) is 0.925. The first-order chi connectivity index (χ1) is 14.4. The molecule has 1 heterocycles. The Morgan fingerprint density at radius 1 is 0.900 bits per heavy atom. The molecule has 0 radical (unpaired) electrons. The molecule has 2 aromatic carbocycles. The summed E-state index contributed by atoms with van der Waals surface area (Å²) in [4.78, 5) is 5.33. The second kappa shape index (κ2) is 9.36. The minimum absolute atomic E-state index is 0.437. The lowest BCUT2D eigenvalue weighted by atomic mass is 10.1. The highest BCUT2D eigenvalue weighted by Crippen LogP contribution is 2.41. The fraction of sp³-hybridized carbons (Fsp3) is 0.286. The molecule has 0 spiro atoms. The first-order valence-corrected chi connectivity index (χ1v) is 9.79. The minimum atomic E-state index is -4.32. The van der Waals surface area contributed by atoms with Crippen molar-refractivity contribution in [1.29, 1.82) is 0 Å². The molecule has 1 aromatic heterocycles. The zero-order valence-electron chi connectivity index (χ0n) is 16.7. The Kier molecular flexibility index (Phi) is 6.84. The molecule has 5 nitrogen and oxygen atoms in total. The predicted octanol–water partition coefficient (Wildman–Crippen LogP) is 5.14. The maximum absolute atomic E-state index is 12.6. The van der Waals surface area contributed by atoms with Crippen molar-refractivity contribution < 1.29 is 27.4 Å². The van der Waals surface area contributed by atoms with E-state index in [1.807, 2.05) is 6.07 Å². The lowest BCUT2D eigenvalue weighted by Crippen LogP contribution is -2.12. The molecule has 0 saturated carbocycles. The molecule has 0 amide bonds. The van der Waals surface area contributed by atoms with Crippen molar-refractivity contribution >= 4 is 11.3 Å². The number of hydrogen-bond acceptors (Lipinski definition) is 6. The average Bonchev–Trinajstić information content (AvgIpc) is 3.21. The number of methoxy groups -OCH3 is 3. The fourth-order valence-corrected chi connectivity index (χ4v) is 3.77. The molecule has 0 aliphatic rings. The van der Waals surface area contributed by atoms with Crippen molar-refractivity contribution in [2.75, 3.05) is 21.3 Å². The Labute approximate surface area is 176 Å². The third-order valence-electron chi connectivity index (χ3n) is 4.41. The van der Waals surface area contributed by atoms with Crippen LogP contribution in [0, 0.1) is 0 Å². The van der Waals surface area contributed by atoms with Crippen molar-refractivity contribution in [2.45, 2.75) is 19.3 Å². The van der Waals surface area contributed by atoms with E-state index >= 15 is 0 Å². The van der Waals surface area contributed by atoms with E-state index in [0.29, 0.717) is 30.3 Å². The maximum Gasteiger partial charge on any atom is 0.416 e. The van der Waals surface area contributed by atoms with E-state index in [-0.39, 0.29) is 0 Å².